The summed E-state index contributed by atoms with van der Waals surface area (Å²) in [5.74, 6) is -1.62. The zero-order valence-electron chi connectivity index (χ0n) is 16.2. The number of carbonyl (C=O) groups is 1. The van der Waals surface area contributed by atoms with Crippen LogP contribution >= 0.6 is 11.3 Å². The highest BCUT2D eigenvalue weighted by atomic mass is 32.1. The third-order valence-electron chi connectivity index (χ3n) is 4.28. The zero-order chi connectivity index (χ0) is 20.4. The highest BCUT2D eigenvalue weighted by molar-refractivity contribution is 7.22. The summed E-state index contributed by atoms with van der Waals surface area (Å²) < 4.78 is 28.0. The monoisotopic (exact) mass is 404 g/mol. The van der Waals surface area contributed by atoms with Crippen molar-refractivity contribution < 1.29 is 13.6 Å². The van der Waals surface area contributed by atoms with E-state index in [0.717, 1.165) is 23.1 Å². The standard InChI is InChI=1S/C20H22F2N4OS/c1-24(2)9-10-26(19(27)13-5-7-15(8-6-13)25(3)4)20-23-18-16(22)11-14(21)12-17(18)28-20/h5-8,11-12H,9-10H2,1-4H3. The first-order valence-corrected chi connectivity index (χ1v) is 9.57. The summed E-state index contributed by atoms with van der Waals surface area (Å²) in [6.45, 7) is 0.986. The third-order valence-corrected chi connectivity index (χ3v) is 5.30. The Kier molecular flexibility index (Phi) is 5.90. The minimum absolute atomic E-state index is 0.0759. The van der Waals surface area contributed by atoms with Crippen LogP contribution in [0.5, 0.6) is 0 Å². The van der Waals surface area contributed by atoms with E-state index in [0.29, 0.717) is 28.5 Å². The molecule has 0 radical (unpaired) electrons. The first-order valence-electron chi connectivity index (χ1n) is 8.76. The number of hydrogen-bond acceptors (Lipinski definition) is 5. The molecule has 1 aromatic heterocycles. The summed E-state index contributed by atoms with van der Waals surface area (Å²) >= 11 is 1.10. The van der Waals surface area contributed by atoms with Gasteiger partial charge in [0.05, 0.1) is 4.70 Å². The predicted octanol–water partition coefficient (Wildman–Crippen LogP) is 3.85. The van der Waals surface area contributed by atoms with Crippen molar-refractivity contribution in [2.24, 2.45) is 0 Å². The molecule has 0 N–H and O–H groups in total. The summed E-state index contributed by atoms with van der Waals surface area (Å²) in [5, 5.41) is 0.350. The highest BCUT2D eigenvalue weighted by Crippen LogP contribution is 2.32. The van der Waals surface area contributed by atoms with Gasteiger partial charge in [0.25, 0.3) is 5.91 Å². The number of benzene rings is 2. The molecule has 0 unspecified atom stereocenters. The predicted molar refractivity (Wildman–Crippen MR) is 111 cm³/mol. The minimum atomic E-state index is -0.729. The molecule has 3 aromatic rings. The van der Waals surface area contributed by atoms with Gasteiger partial charge in [-0.05, 0) is 44.4 Å². The molecule has 28 heavy (non-hydrogen) atoms. The molecule has 1 heterocycles. The van der Waals surface area contributed by atoms with E-state index >= 15 is 0 Å². The lowest BCUT2D eigenvalue weighted by Crippen LogP contribution is -2.36. The average molecular weight is 404 g/mol. The molecule has 0 fully saturated rings. The van der Waals surface area contributed by atoms with Gasteiger partial charge in [-0.15, -0.1) is 0 Å². The largest absolute Gasteiger partial charge is 0.378 e. The van der Waals surface area contributed by atoms with Crippen LogP contribution in [0.25, 0.3) is 10.2 Å². The van der Waals surface area contributed by atoms with Crippen molar-refractivity contribution >= 4 is 38.3 Å². The normalized spacial score (nSPS) is 11.2. The van der Waals surface area contributed by atoms with Gasteiger partial charge in [-0.3, -0.25) is 9.69 Å². The Hall–Kier alpha value is -2.58. The van der Waals surface area contributed by atoms with Gasteiger partial charge in [0.1, 0.15) is 11.3 Å². The fourth-order valence-electron chi connectivity index (χ4n) is 2.70. The Morgan fingerprint density at radius 1 is 1.04 bits per heavy atom. The van der Waals surface area contributed by atoms with Crippen LogP contribution in [0.1, 0.15) is 10.4 Å². The molecule has 5 nitrogen and oxygen atoms in total. The van der Waals surface area contributed by atoms with Crippen LogP contribution in [0.3, 0.4) is 0 Å². The lowest BCUT2D eigenvalue weighted by atomic mass is 10.1. The van der Waals surface area contributed by atoms with E-state index in [1.54, 1.807) is 12.1 Å². The maximum Gasteiger partial charge on any atom is 0.260 e. The van der Waals surface area contributed by atoms with E-state index in [4.69, 9.17) is 0 Å². The number of anilines is 2. The number of halogens is 2. The summed E-state index contributed by atoms with van der Waals surface area (Å²) in [5.41, 5.74) is 1.57. The van der Waals surface area contributed by atoms with Gasteiger partial charge >= 0.3 is 0 Å². The van der Waals surface area contributed by atoms with E-state index in [2.05, 4.69) is 4.98 Å². The van der Waals surface area contributed by atoms with E-state index in [1.165, 1.54) is 11.0 Å². The minimum Gasteiger partial charge on any atom is -0.378 e. The third kappa shape index (κ3) is 4.28. The van der Waals surface area contributed by atoms with Gasteiger partial charge in [0.15, 0.2) is 10.9 Å². The van der Waals surface area contributed by atoms with Crippen molar-refractivity contribution in [1.82, 2.24) is 9.88 Å². The van der Waals surface area contributed by atoms with Crippen molar-refractivity contribution in [2.45, 2.75) is 0 Å². The van der Waals surface area contributed by atoms with Crippen LogP contribution in [0, 0.1) is 11.6 Å². The Balaban J connectivity index is 1.98. The summed E-state index contributed by atoms with van der Waals surface area (Å²) in [7, 11) is 7.66. The van der Waals surface area contributed by atoms with Gasteiger partial charge < -0.3 is 9.80 Å². The Bertz CT molecular complexity index is 986. The molecule has 0 atom stereocenters. The fourth-order valence-corrected chi connectivity index (χ4v) is 3.73. The van der Waals surface area contributed by atoms with Crippen molar-refractivity contribution in [3.63, 3.8) is 0 Å². The summed E-state index contributed by atoms with van der Waals surface area (Å²) in [4.78, 5) is 22.9. The van der Waals surface area contributed by atoms with Crippen molar-refractivity contribution in [2.75, 3.05) is 51.1 Å². The van der Waals surface area contributed by atoms with Gasteiger partial charge in [0, 0.05) is 44.5 Å². The Morgan fingerprint density at radius 3 is 2.32 bits per heavy atom. The maximum absolute atomic E-state index is 14.1. The second kappa shape index (κ2) is 8.20. The lowest BCUT2D eigenvalue weighted by molar-refractivity contribution is 0.0985. The molecule has 0 bridgehead atoms. The van der Waals surface area contributed by atoms with E-state index < -0.39 is 11.6 Å². The fraction of sp³-hybridized carbons (Fsp3) is 0.300. The number of rotatable bonds is 6. The van der Waals surface area contributed by atoms with E-state index in [9.17, 15) is 13.6 Å². The molecule has 0 saturated heterocycles. The van der Waals surface area contributed by atoms with Gasteiger partial charge in [-0.1, -0.05) is 11.3 Å². The first-order chi connectivity index (χ1) is 13.3. The van der Waals surface area contributed by atoms with Crippen molar-refractivity contribution in [1.29, 1.82) is 0 Å². The average Bonchev–Trinajstić information content (AvgIpc) is 3.05. The number of fused-ring (bicyclic) bond motifs is 1. The topological polar surface area (TPSA) is 39.7 Å². The number of carbonyl (C=O) groups excluding carboxylic acids is 1. The molecule has 0 saturated carbocycles. The number of thiazole rings is 1. The molecule has 0 aliphatic carbocycles. The van der Waals surface area contributed by atoms with E-state index in [-0.39, 0.29) is 11.4 Å². The van der Waals surface area contributed by atoms with Crippen LogP contribution in [-0.2, 0) is 0 Å². The summed E-state index contributed by atoms with van der Waals surface area (Å²) in [6, 6.07) is 9.29. The molecule has 1 amide bonds. The molecule has 8 heteroatoms. The molecular formula is C20H22F2N4OS. The molecule has 0 aliphatic heterocycles. The summed E-state index contributed by atoms with van der Waals surface area (Å²) in [6.07, 6.45) is 0. The lowest BCUT2D eigenvalue weighted by Gasteiger charge is -2.22. The smallest absolute Gasteiger partial charge is 0.260 e. The van der Waals surface area contributed by atoms with Crippen LogP contribution in [-0.4, -0.2) is 57.1 Å². The van der Waals surface area contributed by atoms with E-state index in [1.807, 2.05) is 50.1 Å². The van der Waals surface area contributed by atoms with Crippen LogP contribution in [0.4, 0.5) is 19.6 Å². The van der Waals surface area contributed by atoms with Gasteiger partial charge in [0.2, 0.25) is 0 Å². The number of likely N-dealkylation sites (N-methyl/N-ethyl adjacent to an activating group) is 1. The molecule has 0 spiro atoms. The van der Waals surface area contributed by atoms with Gasteiger partial charge in [-0.25, -0.2) is 13.8 Å². The SMILES string of the molecule is CN(C)CCN(C(=O)c1ccc(N(C)C)cc1)c1nc2c(F)cc(F)cc2s1. The molecule has 0 aliphatic rings. The number of amides is 1. The van der Waals surface area contributed by atoms with Gasteiger partial charge in [-0.2, -0.15) is 0 Å². The highest BCUT2D eigenvalue weighted by Gasteiger charge is 2.22. The second-order valence-electron chi connectivity index (χ2n) is 6.93. The Morgan fingerprint density at radius 2 is 1.71 bits per heavy atom. The van der Waals surface area contributed by atoms with Crippen LogP contribution < -0.4 is 9.80 Å². The van der Waals surface area contributed by atoms with Crippen molar-refractivity contribution in [3.05, 3.63) is 53.6 Å². The molecule has 2 aromatic carbocycles. The van der Waals surface area contributed by atoms with Crippen LogP contribution in [0.15, 0.2) is 36.4 Å². The molecule has 148 valence electrons. The number of nitrogens with zero attached hydrogens (tertiary/aromatic N) is 4. The van der Waals surface area contributed by atoms with Crippen LogP contribution in [0.2, 0.25) is 0 Å². The second-order valence-corrected chi connectivity index (χ2v) is 7.94. The number of hydrogen-bond donors (Lipinski definition) is 0. The quantitative estimate of drug-likeness (QED) is 0.626. The zero-order valence-corrected chi connectivity index (χ0v) is 17.1. The first kappa shape index (κ1) is 20.2. The Labute approximate surface area is 166 Å². The maximum atomic E-state index is 14.1. The number of aromatic nitrogens is 1. The van der Waals surface area contributed by atoms with Crippen molar-refractivity contribution in [3.8, 4) is 0 Å². The molecular weight excluding hydrogens is 382 g/mol. The molecule has 3 rings (SSSR count).